The van der Waals surface area contributed by atoms with Crippen LogP contribution in [-0.4, -0.2) is 11.2 Å². The molecule has 0 bridgehead atoms. The highest BCUT2D eigenvalue weighted by Gasteiger charge is 2.28. The summed E-state index contributed by atoms with van der Waals surface area (Å²) < 4.78 is 0. The van der Waals surface area contributed by atoms with Gasteiger partial charge in [0.15, 0.2) is 0 Å². The van der Waals surface area contributed by atoms with Crippen molar-refractivity contribution >= 4 is 0 Å². The van der Waals surface area contributed by atoms with Crippen molar-refractivity contribution in [3.63, 3.8) is 0 Å². The normalized spacial score (nSPS) is 22.8. The summed E-state index contributed by atoms with van der Waals surface area (Å²) in [5.41, 5.74) is 0.338. The number of hydrogen-bond acceptors (Lipinski definition) is 1. The molecule has 2 unspecified atom stereocenters. The third-order valence-electron chi connectivity index (χ3n) is 3.41. The lowest BCUT2D eigenvalue weighted by Crippen LogP contribution is -2.23. The van der Waals surface area contributed by atoms with Crippen molar-refractivity contribution in [1.29, 1.82) is 0 Å². The maximum Gasteiger partial charge on any atom is 0.0545 e. The van der Waals surface area contributed by atoms with Gasteiger partial charge in [-0.15, -0.1) is 0 Å². The molecule has 1 rings (SSSR count). The summed E-state index contributed by atoms with van der Waals surface area (Å²) >= 11 is 0. The van der Waals surface area contributed by atoms with Crippen LogP contribution in [0.3, 0.4) is 0 Å². The van der Waals surface area contributed by atoms with Crippen molar-refractivity contribution in [2.24, 2.45) is 17.3 Å². The van der Waals surface area contributed by atoms with Crippen molar-refractivity contribution < 1.29 is 5.11 Å². The smallest absolute Gasteiger partial charge is 0.0545 e. The highest BCUT2D eigenvalue weighted by Crippen LogP contribution is 2.36. The van der Waals surface area contributed by atoms with Gasteiger partial charge in [-0.2, -0.15) is 0 Å². The fourth-order valence-electron chi connectivity index (χ4n) is 1.60. The Labute approximate surface area is 82.5 Å². The Bertz CT molecular complexity index is 153. The van der Waals surface area contributed by atoms with E-state index in [1.165, 1.54) is 12.8 Å². The molecule has 0 saturated heterocycles. The lowest BCUT2D eigenvalue weighted by atomic mass is 9.78. The molecule has 1 heteroatoms. The predicted molar refractivity (Wildman–Crippen MR) is 56.6 cm³/mol. The summed E-state index contributed by atoms with van der Waals surface area (Å²) in [7, 11) is 0. The lowest BCUT2D eigenvalue weighted by molar-refractivity contribution is 0.0985. The summed E-state index contributed by atoms with van der Waals surface area (Å²) in [4.78, 5) is 0. The van der Waals surface area contributed by atoms with E-state index in [9.17, 15) is 5.11 Å². The molecule has 0 amide bonds. The van der Waals surface area contributed by atoms with E-state index in [2.05, 4.69) is 27.7 Å². The molecule has 0 aromatic rings. The summed E-state index contributed by atoms with van der Waals surface area (Å²) in [5.74, 6) is 1.46. The highest BCUT2D eigenvalue weighted by atomic mass is 16.3. The van der Waals surface area contributed by atoms with E-state index in [1.54, 1.807) is 0 Å². The van der Waals surface area contributed by atoms with Crippen LogP contribution in [0.4, 0.5) is 0 Å². The van der Waals surface area contributed by atoms with Gasteiger partial charge in [-0.25, -0.2) is 0 Å². The second-order valence-electron chi connectivity index (χ2n) is 5.84. The maximum absolute atomic E-state index is 9.79. The molecule has 0 spiro atoms. The zero-order valence-corrected chi connectivity index (χ0v) is 9.51. The van der Waals surface area contributed by atoms with Crippen LogP contribution in [0.15, 0.2) is 0 Å². The average Bonchev–Trinajstić information content (AvgIpc) is 2.68. The molecule has 0 aromatic carbocycles. The van der Waals surface area contributed by atoms with Crippen LogP contribution in [0.5, 0.6) is 0 Å². The standard InChI is InChI=1S/C12H24O/c1-9(12(2,3)4)7-11(13)8-10-5-6-10/h9-11,13H,5-8H2,1-4H3. The average molecular weight is 184 g/mol. The van der Waals surface area contributed by atoms with Gasteiger partial charge in [-0.3, -0.25) is 0 Å². The molecule has 2 atom stereocenters. The van der Waals surface area contributed by atoms with Gasteiger partial charge in [0.2, 0.25) is 0 Å². The van der Waals surface area contributed by atoms with E-state index >= 15 is 0 Å². The minimum absolute atomic E-state index is 0.0540. The van der Waals surface area contributed by atoms with Crippen LogP contribution < -0.4 is 0 Å². The highest BCUT2D eigenvalue weighted by molar-refractivity contribution is 4.79. The maximum atomic E-state index is 9.79. The van der Waals surface area contributed by atoms with E-state index in [-0.39, 0.29) is 6.10 Å². The molecule has 1 aliphatic carbocycles. The Hall–Kier alpha value is -0.0400. The molecule has 78 valence electrons. The lowest BCUT2D eigenvalue weighted by Gasteiger charge is -2.29. The zero-order valence-electron chi connectivity index (χ0n) is 9.51. The quantitative estimate of drug-likeness (QED) is 0.711. The Balaban J connectivity index is 2.21. The van der Waals surface area contributed by atoms with Gasteiger partial charge in [0.1, 0.15) is 0 Å². The van der Waals surface area contributed by atoms with E-state index in [0.29, 0.717) is 11.3 Å². The fraction of sp³-hybridized carbons (Fsp3) is 1.00. The van der Waals surface area contributed by atoms with E-state index in [1.807, 2.05) is 0 Å². The zero-order chi connectivity index (χ0) is 10.1. The van der Waals surface area contributed by atoms with Crippen LogP contribution in [0.2, 0.25) is 0 Å². The van der Waals surface area contributed by atoms with Crippen molar-refractivity contribution in [2.45, 2.75) is 59.5 Å². The summed E-state index contributed by atoms with van der Waals surface area (Å²) in [6, 6.07) is 0. The molecular formula is C12H24O. The molecule has 1 nitrogen and oxygen atoms in total. The molecule has 1 saturated carbocycles. The van der Waals surface area contributed by atoms with Gasteiger partial charge in [0, 0.05) is 0 Å². The van der Waals surface area contributed by atoms with Gasteiger partial charge in [0.25, 0.3) is 0 Å². The predicted octanol–water partition coefficient (Wildman–Crippen LogP) is 3.22. The van der Waals surface area contributed by atoms with Gasteiger partial charge < -0.3 is 5.11 Å². The van der Waals surface area contributed by atoms with Crippen LogP contribution >= 0.6 is 0 Å². The largest absolute Gasteiger partial charge is 0.393 e. The number of rotatable bonds is 4. The molecule has 0 radical (unpaired) electrons. The monoisotopic (exact) mass is 184 g/mol. The Morgan fingerprint density at radius 1 is 1.31 bits per heavy atom. The number of hydrogen-bond donors (Lipinski definition) is 1. The molecule has 1 aliphatic rings. The molecule has 0 heterocycles. The topological polar surface area (TPSA) is 20.2 Å². The first-order valence-corrected chi connectivity index (χ1v) is 5.57. The van der Waals surface area contributed by atoms with Gasteiger partial charge in [-0.05, 0) is 30.1 Å². The van der Waals surface area contributed by atoms with Crippen LogP contribution in [0.25, 0.3) is 0 Å². The molecule has 1 fully saturated rings. The third kappa shape index (κ3) is 4.12. The number of aliphatic hydroxyl groups excluding tert-OH is 1. The summed E-state index contributed by atoms with van der Waals surface area (Å²) in [6.45, 7) is 9.00. The Kier molecular flexibility index (Phi) is 3.39. The van der Waals surface area contributed by atoms with Crippen LogP contribution in [0.1, 0.15) is 53.4 Å². The van der Waals surface area contributed by atoms with Crippen molar-refractivity contribution in [1.82, 2.24) is 0 Å². The molecular weight excluding hydrogens is 160 g/mol. The Morgan fingerprint density at radius 3 is 2.23 bits per heavy atom. The summed E-state index contributed by atoms with van der Waals surface area (Å²) in [6.07, 6.45) is 4.66. The van der Waals surface area contributed by atoms with Crippen molar-refractivity contribution in [3.8, 4) is 0 Å². The number of aliphatic hydroxyl groups is 1. The first kappa shape index (κ1) is 11.0. The van der Waals surface area contributed by atoms with E-state index in [0.717, 1.165) is 18.8 Å². The van der Waals surface area contributed by atoms with Crippen LogP contribution in [-0.2, 0) is 0 Å². The second kappa shape index (κ2) is 4.00. The Morgan fingerprint density at radius 2 is 1.85 bits per heavy atom. The minimum Gasteiger partial charge on any atom is -0.393 e. The van der Waals surface area contributed by atoms with Gasteiger partial charge in [-0.1, -0.05) is 40.5 Å². The van der Waals surface area contributed by atoms with Crippen molar-refractivity contribution in [2.75, 3.05) is 0 Å². The van der Waals surface area contributed by atoms with Gasteiger partial charge >= 0.3 is 0 Å². The minimum atomic E-state index is -0.0540. The van der Waals surface area contributed by atoms with E-state index in [4.69, 9.17) is 0 Å². The SMILES string of the molecule is CC(CC(O)CC1CC1)C(C)(C)C. The van der Waals surface area contributed by atoms with Crippen LogP contribution in [0, 0.1) is 17.3 Å². The third-order valence-corrected chi connectivity index (χ3v) is 3.41. The first-order chi connectivity index (χ1) is 5.89. The molecule has 0 aromatic heterocycles. The summed E-state index contributed by atoms with van der Waals surface area (Å²) in [5, 5.41) is 9.79. The van der Waals surface area contributed by atoms with E-state index < -0.39 is 0 Å². The van der Waals surface area contributed by atoms with Crippen molar-refractivity contribution in [3.05, 3.63) is 0 Å². The fourth-order valence-corrected chi connectivity index (χ4v) is 1.60. The van der Waals surface area contributed by atoms with Gasteiger partial charge in [0.05, 0.1) is 6.10 Å². The molecule has 0 aliphatic heterocycles. The molecule has 13 heavy (non-hydrogen) atoms. The molecule has 1 N–H and O–H groups in total. The second-order valence-corrected chi connectivity index (χ2v) is 5.84. The first-order valence-electron chi connectivity index (χ1n) is 5.57.